The van der Waals surface area contributed by atoms with Crippen LogP contribution in [0, 0.1) is 17.8 Å². The molecule has 18 heavy (non-hydrogen) atoms. The average molecular weight is 242 g/mol. The molecule has 0 bridgehead atoms. The largest absolute Gasteiger partial charge is 0.393 e. The minimum absolute atomic E-state index is 0.0367. The summed E-state index contributed by atoms with van der Waals surface area (Å²) < 4.78 is 0. The van der Waals surface area contributed by atoms with Crippen molar-refractivity contribution in [3.05, 3.63) is 34.9 Å². The highest BCUT2D eigenvalue weighted by Crippen LogP contribution is 2.51. The zero-order valence-electron chi connectivity index (χ0n) is 10.9. The van der Waals surface area contributed by atoms with E-state index >= 15 is 0 Å². The third-order valence-electron chi connectivity index (χ3n) is 5.62. The molecule has 4 aliphatic rings. The Morgan fingerprint density at radius 2 is 1.94 bits per heavy atom. The van der Waals surface area contributed by atoms with Crippen LogP contribution in [0.1, 0.15) is 44.9 Å². The van der Waals surface area contributed by atoms with E-state index in [2.05, 4.69) is 18.2 Å². The van der Waals surface area contributed by atoms with Crippen LogP contribution in [0.2, 0.25) is 0 Å². The third-order valence-corrected chi connectivity index (χ3v) is 5.62. The van der Waals surface area contributed by atoms with E-state index in [0.717, 1.165) is 31.1 Å². The van der Waals surface area contributed by atoms with Crippen LogP contribution in [0.5, 0.6) is 0 Å². The van der Waals surface area contributed by atoms with Crippen molar-refractivity contribution in [2.24, 2.45) is 17.8 Å². The van der Waals surface area contributed by atoms with E-state index < -0.39 is 0 Å². The van der Waals surface area contributed by atoms with E-state index in [1.807, 2.05) is 0 Å². The van der Waals surface area contributed by atoms with Crippen molar-refractivity contribution in [3.8, 4) is 0 Å². The van der Waals surface area contributed by atoms with Gasteiger partial charge in [-0.05, 0) is 73.8 Å². The number of aliphatic hydroxyl groups is 1. The highest BCUT2D eigenvalue weighted by molar-refractivity contribution is 5.44. The Bertz CT molecular complexity index is 454. The van der Waals surface area contributed by atoms with Crippen LogP contribution in [-0.4, -0.2) is 11.2 Å². The second-order valence-corrected chi connectivity index (χ2v) is 6.51. The van der Waals surface area contributed by atoms with Gasteiger partial charge in [0.25, 0.3) is 0 Å². The number of allylic oxidation sites excluding steroid dienone is 6. The molecule has 4 rings (SSSR count). The lowest BCUT2D eigenvalue weighted by atomic mass is 9.64. The second-order valence-electron chi connectivity index (χ2n) is 6.51. The molecule has 0 aromatic heterocycles. The predicted octanol–water partition coefficient (Wildman–Crippen LogP) is 3.76. The van der Waals surface area contributed by atoms with Crippen LogP contribution < -0.4 is 0 Å². The number of hydrogen-bond acceptors (Lipinski definition) is 1. The fourth-order valence-corrected chi connectivity index (χ4v) is 4.77. The summed E-state index contributed by atoms with van der Waals surface area (Å²) in [6.07, 6.45) is 15.7. The molecule has 0 heterocycles. The fraction of sp³-hybridized carbons (Fsp3) is 0.647. The van der Waals surface area contributed by atoms with Gasteiger partial charge in [0.15, 0.2) is 0 Å². The Hall–Kier alpha value is -0.820. The van der Waals surface area contributed by atoms with Crippen LogP contribution in [0.15, 0.2) is 34.9 Å². The lowest BCUT2D eigenvalue weighted by Crippen LogP contribution is -2.31. The Morgan fingerprint density at radius 1 is 1.00 bits per heavy atom. The molecule has 1 nitrogen and oxygen atoms in total. The second kappa shape index (κ2) is 4.09. The lowest BCUT2D eigenvalue weighted by Gasteiger charge is -2.41. The van der Waals surface area contributed by atoms with Gasteiger partial charge in [0, 0.05) is 0 Å². The first-order chi connectivity index (χ1) is 8.83. The van der Waals surface area contributed by atoms with Gasteiger partial charge in [0.05, 0.1) is 6.10 Å². The Morgan fingerprint density at radius 3 is 2.89 bits per heavy atom. The van der Waals surface area contributed by atoms with Gasteiger partial charge >= 0.3 is 0 Å². The van der Waals surface area contributed by atoms with Gasteiger partial charge in [-0.15, -0.1) is 0 Å². The first-order valence-electron chi connectivity index (χ1n) is 7.62. The molecule has 1 heteroatoms. The number of aliphatic hydroxyl groups excluding tert-OH is 1. The van der Waals surface area contributed by atoms with Crippen molar-refractivity contribution < 1.29 is 5.11 Å². The normalized spacial score (nSPS) is 42.2. The van der Waals surface area contributed by atoms with E-state index in [0.29, 0.717) is 5.92 Å². The molecular weight excluding hydrogens is 220 g/mol. The SMILES string of the molecule is OC1CCC2=C3C=CC4=CCCC4C3CCC2C1. The van der Waals surface area contributed by atoms with Crippen molar-refractivity contribution in [1.82, 2.24) is 0 Å². The summed E-state index contributed by atoms with van der Waals surface area (Å²) >= 11 is 0. The standard InChI is InChI=1S/C17H22O/c18-13-6-9-15-12(10-13)5-8-16-14-3-1-2-11(14)4-7-17(15)16/h2,4,7,12-14,16,18H,1,3,5-6,8-10H2. The molecule has 0 amide bonds. The first kappa shape index (κ1) is 11.0. The van der Waals surface area contributed by atoms with Crippen LogP contribution >= 0.6 is 0 Å². The zero-order valence-corrected chi connectivity index (χ0v) is 10.9. The summed E-state index contributed by atoms with van der Waals surface area (Å²) in [6.45, 7) is 0. The predicted molar refractivity (Wildman–Crippen MR) is 73.0 cm³/mol. The maximum absolute atomic E-state index is 9.84. The molecule has 0 saturated heterocycles. The molecule has 0 spiro atoms. The van der Waals surface area contributed by atoms with Crippen LogP contribution in [0.25, 0.3) is 0 Å². The Labute approximate surface area is 109 Å². The van der Waals surface area contributed by atoms with Crippen molar-refractivity contribution >= 4 is 0 Å². The van der Waals surface area contributed by atoms with Gasteiger partial charge in [-0.1, -0.05) is 23.8 Å². The molecule has 1 fully saturated rings. The molecule has 4 atom stereocenters. The topological polar surface area (TPSA) is 20.2 Å². The van der Waals surface area contributed by atoms with Crippen molar-refractivity contribution in [3.63, 3.8) is 0 Å². The minimum atomic E-state index is -0.0367. The van der Waals surface area contributed by atoms with Gasteiger partial charge in [-0.25, -0.2) is 0 Å². The van der Waals surface area contributed by atoms with Crippen molar-refractivity contribution in [2.75, 3.05) is 0 Å². The quantitative estimate of drug-likeness (QED) is 0.685. The first-order valence-corrected chi connectivity index (χ1v) is 7.62. The van der Waals surface area contributed by atoms with Crippen LogP contribution in [-0.2, 0) is 0 Å². The summed E-state index contributed by atoms with van der Waals surface area (Å²) in [4.78, 5) is 0. The molecular formula is C17H22O. The van der Waals surface area contributed by atoms with E-state index in [-0.39, 0.29) is 6.10 Å². The Kier molecular flexibility index (Phi) is 2.51. The lowest BCUT2D eigenvalue weighted by molar-refractivity contribution is 0.112. The third kappa shape index (κ3) is 1.56. The summed E-state index contributed by atoms with van der Waals surface area (Å²) in [6, 6.07) is 0. The van der Waals surface area contributed by atoms with Gasteiger partial charge in [0.1, 0.15) is 0 Å². The summed E-state index contributed by atoms with van der Waals surface area (Å²) in [5, 5.41) is 9.84. The summed E-state index contributed by atoms with van der Waals surface area (Å²) in [5.74, 6) is 2.33. The molecule has 0 aliphatic heterocycles. The average Bonchev–Trinajstić information content (AvgIpc) is 2.86. The monoisotopic (exact) mass is 242 g/mol. The van der Waals surface area contributed by atoms with Crippen LogP contribution in [0.3, 0.4) is 0 Å². The van der Waals surface area contributed by atoms with E-state index in [1.165, 1.54) is 25.7 Å². The smallest absolute Gasteiger partial charge is 0.0549 e. The highest BCUT2D eigenvalue weighted by atomic mass is 16.3. The van der Waals surface area contributed by atoms with Gasteiger partial charge in [0.2, 0.25) is 0 Å². The summed E-state index contributed by atoms with van der Waals surface area (Å²) in [5.41, 5.74) is 4.99. The number of rotatable bonds is 0. The summed E-state index contributed by atoms with van der Waals surface area (Å²) in [7, 11) is 0. The number of hydrogen-bond donors (Lipinski definition) is 1. The molecule has 0 aromatic carbocycles. The molecule has 4 aliphatic carbocycles. The van der Waals surface area contributed by atoms with Crippen molar-refractivity contribution in [1.29, 1.82) is 0 Å². The van der Waals surface area contributed by atoms with Crippen LogP contribution in [0.4, 0.5) is 0 Å². The van der Waals surface area contributed by atoms with Gasteiger partial charge in [-0.3, -0.25) is 0 Å². The van der Waals surface area contributed by atoms with E-state index in [9.17, 15) is 5.11 Å². The maximum atomic E-state index is 9.84. The minimum Gasteiger partial charge on any atom is -0.393 e. The molecule has 0 radical (unpaired) electrons. The Balaban J connectivity index is 1.73. The van der Waals surface area contributed by atoms with Crippen molar-refractivity contribution in [2.45, 2.75) is 51.0 Å². The van der Waals surface area contributed by atoms with E-state index in [1.54, 1.807) is 16.7 Å². The highest BCUT2D eigenvalue weighted by Gasteiger charge is 2.39. The maximum Gasteiger partial charge on any atom is 0.0549 e. The molecule has 1 saturated carbocycles. The van der Waals surface area contributed by atoms with Gasteiger partial charge in [-0.2, -0.15) is 0 Å². The number of fused-ring (bicyclic) bond motifs is 4. The van der Waals surface area contributed by atoms with E-state index in [4.69, 9.17) is 0 Å². The zero-order chi connectivity index (χ0) is 12.1. The fourth-order valence-electron chi connectivity index (χ4n) is 4.77. The molecule has 0 aromatic rings. The molecule has 96 valence electrons. The molecule has 4 unspecified atom stereocenters. The van der Waals surface area contributed by atoms with Gasteiger partial charge < -0.3 is 5.11 Å². The molecule has 1 N–H and O–H groups in total.